The molecule has 0 radical (unpaired) electrons. The van der Waals surface area contributed by atoms with E-state index in [1.165, 1.54) is 0 Å². The van der Waals surface area contributed by atoms with E-state index >= 15 is 0 Å². The molecule has 0 aliphatic rings. The molecule has 0 fully saturated rings. The van der Waals surface area contributed by atoms with Gasteiger partial charge in [0.05, 0.1) is 11.2 Å². The third-order valence-electron chi connectivity index (χ3n) is 2.48. The number of fused-ring (bicyclic) bond motifs is 1. The molecule has 1 heterocycles. The standard InChI is InChI=1S/C13H15N3/c1-3-13-15-11-7-5-4-6-10(11)12(16-13)8-9(2)14/h4-7,14H,3,8H2,1-2H3. The largest absolute Gasteiger partial charge is 0.310 e. The van der Waals surface area contributed by atoms with E-state index in [9.17, 15) is 0 Å². The van der Waals surface area contributed by atoms with E-state index < -0.39 is 0 Å². The molecule has 0 aliphatic carbocycles. The lowest BCUT2D eigenvalue weighted by Crippen LogP contribution is -2.04. The third-order valence-corrected chi connectivity index (χ3v) is 2.48. The van der Waals surface area contributed by atoms with Crippen molar-refractivity contribution in [2.24, 2.45) is 0 Å². The maximum atomic E-state index is 7.57. The Labute approximate surface area is 95.1 Å². The molecule has 0 atom stereocenters. The summed E-state index contributed by atoms with van der Waals surface area (Å²) in [4.78, 5) is 8.99. The van der Waals surface area contributed by atoms with Gasteiger partial charge in [-0.05, 0) is 13.0 Å². The normalized spacial score (nSPS) is 10.6. The summed E-state index contributed by atoms with van der Waals surface area (Å²) in [5.74, 6) is 0.856. The Morgan fingerprint density at radius 1 is 1.25 bits per heavy atom. The molecule has 0 saturated carbocycles. The van der Waals surface area contributed by atoms with Crippen LogP contribution in [0.15, 0.2) is 24.3 Å². The average molecular weight is 213 g/mol. The van der Waals surface area contributed by atoms with Gasteiger partial charge in [-0.3, -0.25) is 0 Å². The van der Waals surface area contributed by atoms with Crippen LogP contribution in [0.1, 0.15) is 25.4 Å². The van der Waals surface area contributed by atoms with Gasteiger partial charge < -0.3 is 5.41 Å². The van der Waals surface area contributed by atoms with Crippen molar-refractivity contribution >= 4 is 16.6 Å². The zero-order chi connectivity index (χ0) is 11.5. The summed E-state index contributed by atoms with van der Waals surface area (Å²) in [6, 6.07) is 7.99. The first-order valence-corrected chi connectivity index (χ1v) is 5.49. The summed E-state index contributed by atoms with van der Waals surface area (Å²) in [6.45, 7) is 3.85. The first-order chi connectivity index (χ1) is 7.70. The van der Waals surface area contributed by atoms with E-state index in [2.05, 4.69) is 9.97 Å². The van der Waals surface area contributed by atoms with Crippen LogP contribution in [-0.4, -0.2) is 15.7 Å². The fraction of sp³-hybridized carbons (Fsp3) is 0.308. The van der Waals surface area contributed by atoms with Crippen molar-refractivity contribution in [1.82, 2.24) is 9.97 Å². The summed E-state index contributed by atoms with van der Waals surface area (Å²) in [5, 5.41) is 8.64. The zero-order valence-electron chi connectivity index (χ0n) is 9.62. The summed E-state index contributed by atoms with van der Waals surface area (Å²) in [6.07, 6.45) is 1.44. The molecule has 3 nitrogen and oxygen atoms in total. The van der Waals surface area contributed by atoms with Gasteiger partial charge in [0.1, 0.15) is 5.82 Å². The van der Waals surface area contributed by atoms with Crippen LogP contribution < -0.4 is 0 Å². The lowest BCUT2D eigenvalue weighted by Gasteiger charge is -2.06. The molecular weight excluding hydrogens is 198 g/mol. The Kier molecular flexibility index (Phi) is 2.95. The monoisotopic (exact) mass is 213 g/mol. The van der Waals surface area contributed by atoms with Crippen LogP contribution in [0.4, 0.5) is 0 Å². The van der Waals surface area contributed by atoms with Gasteiger partial charge in [0.2, 0.25) is 0 Å². The maximum absolute atomic E-state index is 7.57. The van der Waals surface area contributed by atoms with E-state index in [4.69, 9.17) is 5.41 Å². The third kappa shape index (κ3) is 2.08. The predicted octanol–water partition coefficient (Wildman–Crippen LogP) is 2.77. The molecule has 0 bridgehead atoms. The van der Waals surface area contributed by atoms with Gasteiger partial charge in [-0.15, -0.1) is 0 Å². The van der Waals surface area contributed by atoms with Crippen molar-refractivity contribution in [1.29, 1.82) is 5.41 Å². The van der Waals surface area contributed by atoms with Crippen molar-refractivity contribution < 1.29 is 0 Å². The van der Waals surface area contributed by atoms with Gasteiger partial charge in [0.25, 0.3) is 0 Å². The second kappa shape index (κ2) is 4.39. The molecule has 2 aromatic rings. The van der Waals surface area contributed by atoms with E-state index in [1.54, 1.807) is 0 Å². The van der Waals surface area contributed by atoms with Gasteiger partial charge in [-0.1, -0.05) is 25.1 Å². The van der Waals surface area contributed by atoms with Crippen molar-refractivity contribution in [2.75, 3.05) is 0 Å². The zero-order valence-corrected chi connectivity index (χ0v) is 9.62. The number of hydrogen-bond acceptors (Lipinski definition) is 3. The number of nitrogens with one attached hydrogen (secondary N) is 1. The van der Waals surface area contributed by atoms with Crippen LogP contribution in [0.5, 0.6) is 0 Å². The topological polar surface area (TPSA) is 49.6 Å². The Hall–Kier alpha value is -1.77. The van der Waals surface area contributed by atoms with Crippen LogP contribution in [0.3, 0.4) is 0 Å². The van der Waals surface area contributed by atoms with Crippen LogP contribution >= 0.6 is 0 Å². The highest BCUT2D eigenvalue weighted by Gasteiger charge is 2.06. The minimum atomic E-state index is 0.607. The highest BCUT2D eigenvalue weighted by atomic mass is 14.9. The maximum Gasteiger partial charge on any atom is 0.129 e. The van der Waals surface area contributed by atoms with Crippen LogP contribution in [-0.2, 0) is 12.8 Å². The van der Waals surface area contributed by atoms with Gasteiger partial charge in [-0.2, -0.15) is 0 Å². The fourth-order valence-electron chi connectivity index (χ4n) is 1.74. The van der Waals surface area contributed by atoms with Crippen molar-refractivity contribution in [3.05, 3.63) is 35.8 Å². The highest BCUT2D eigenvalue weighted by molar-refractivity contribution is 5.87. The predicted molar refractivity (Wildman–Crippen MR) is 66.0 cm³/mol. The van der Waals surface area contributed by atoms with Crippen molar-refractivity contribution in [2.45, 2.75) is 26.7 Å². The molecule has 1 aromatic heterocycles. The number of aryl methyl sites for hydroxylation is 1. The second-order valence-electron chi connectivity index (χ2n) is 3.91. The van der Waals surface area contributed by atoms with E-state index in [-0.39, 0.29) is 0 Å². The molecule has 0 amide bonds. The number of nitrogens with zero attached hydrogens (tertiary/aromatic N) is 2. The highest BCUT2D eigenvalue weighted by Crippen LogP contribution is 2.16. The van der Waals surface area contributed by atoms with E-state index in [1.807, 2.05) is 38.1 Å². The fourth-order valence-corrected chi connectivity index (χ4v) is 1.74. The molecule has 0 spiro atoms. The van der Waals surface area contributed by atoms with Gasteiger partial charge in [0, 0.05) is 23.9 Å². The molecule has 82 valence electrons. The Morgan fingerprint density at radius 3 is 2.69 bits per heavy atom. The Bertz CT molecular complexity index is 532. The minimum absolute atomic E-state index is 0.607. The molecule has 16 heavy (non-hydrogen) atoms. The summed E-state index contributed by atoms with van der Waals surface area (Å²) in [5.41, 5.74) is 2.58. The van der Waals surface area contributed by atoms with Crippen LogP contribution in [0, 0.1) is 5.41 Å². The quantitative estimate of drug-likeness (QED) is 0.797. The minimum Gasteiger partial charge on any atom is -0.310 e. The summed E-state index contributed by atoms with van der Waals surface area (Å²) < 4.78 is 0. The molecule has 0 unspecified atom stereocenters. The number of rotatable bonds is 3. The Morgan fingerprint density at radius 2 is 2.00 bits per heavy atom. The van der Waals surface area contributed by atoms with Gasteiger partial charge in [0.15, 0.2) is 0 Å². The average Bonchev–Trinajstić information content (AvgIpc) is 2.28. The molecule has 1 aromatic carbocycles. The molecule has 3 heteroatoms. The molecule has 2 rings (SSSR count). The van der Waals surface area contributed by atoms with E-state index in [0.29, 0.717) is 12.1 Å². The smallest absolute Gasteiger partial charge is 0.129 e. The first-order valence-electron chi connectivity index (χ1n) is 5.49. The molecule has 0 aliphatic heterocycles. The van der Waals surface area contributed by atoms with Crippen molar-refractivity contribution in [3.8, 4) is 0 Å². The van der Waals surface area contributed by atoms with Crippen molar-refractivity contribution in [3.63, 3.8) is 0 Å². The SMILES string of the molecule is CCc1nc(CC(C)=N)c2ccccc2n1. The van der Waals surface area contributed by atoms with Crippen LogP contribution in [0.2, 0.25) is 0 Å². The number of benzene rings is 1. The van der Waals surface area contributed by atoms with E-state index in [0.717, 1.165) is 28.8 Å². The second-order valence-corrected chi connectivity index (χ2v) is 3.91. The van der Waals surface area contributed by atoms with Crippen LogP contribution in [0.25, 0.3) is 10.9 Å². The number of para-hydroxylation sites is 1. The first kappa shape index (κ1) is 10.7. The lowest BCUT2D eigenvalue weighted by atomic mass is 10.1. The lowest BCUT2D eigenvalue weighted by molar-refractivity contribution is 0.931. The summed E-state index contributed by atoms with van der Waals surface area (Å²) in [7, 11) is 0. The molecule has 1 N–H and O–H groups in total. The van der Waals surface area contributed by atoms with Gasteiger partial charge >= 0.3 is 0 Å². The summed E-state index contributed by atoms with van der Waals surface area (Å²) >= 11 is 0. The molecular formula is C13H15N3. The molecule has 0 saturated heterocycles. The number of hydrogen-bond donors (Lipinski definition) is 1. The number of aromatic nitrogens is 2. The van der Waals surface area contributed by atoms with Gasteiger partial charge in [-0.25, -0.2) is 9.97 Å². The Balaban J connectivity index is 2.63.